The largest absolute Gasteiger partial charge is 0.497 e. The molecule has 1 atom stereocenters. The molecule has 5 nitrogen and oxygen atoms in total. The van der Waals surface area contributed by atoms with Gasteiger partial charge in [0.15, 0.2) is 0 Å². The van der Waals surface area contributed by atoms with Gasteiger partial charge < -0.3 is 19.3 Å². The standard InChI is InChI=1S/C25H32O5S/c1-28-22-11-5-7-18(13-22)15-30-25-20(14-21(26)16-31-17-24(27)29-2)10-6-12-23(25)19-8-3-4-9-19/h5-7,10-13,19,21,26H,3-4,8-9,14-17H2,1-2H3. The molecule has 1 saturated carbocycles. The first kappa shape index (κ1) is 23.5. The summed E-state index contributed by atoms with van der Waals surface area (Å²) in [4.78, 5) is 11.3. The average Bonchev–Trinajstić information content (AvgIpc) is 3.33. The summed E-state index contributed by atoms with van der Waals surface area (Å²) >= 11 is 1.38. The number of para-hydroxylation sites is 1. The second-order valence-electron chi connectivity index (χ2n) is 7.91. The van der Waals surface area contributed by atoms with E-state index in [0.29, 0.717) is 24.7 Å². The Kier molecular flexibility index (Phi) is 9.10. The number of methoxy groups -OCH3 is 2. The van der Waals surface area contributed by atoms with Gasteiger partial charge in [-0.05, 0) is 47.6 Å². The highest BCUT2D eigenvalue weighted by atomic mass is 32.2. The summed E-state index contributed by atoms with van der Waals surface area (Å²) in [5.74, 6) is 2.65. The molecular weight excluding hydrogens is 412 g/mol. The second kappa shape index (κ2) is 12.0. The Morgan fingerprint density at radius 1 is 1.16 bits per heavy atom. The monoisotopic (exact) mass is 444 g/mol. The predicted molar refractivity (Wildman–Crippen MR) is 124 cm³/mol. The van der Waals surface area contributed by atoms with Crippen molar-refractivity contribution in [1.29, 1.82) is 0 Å². The molecule has 168 valence electrons. The van der Waals surface area contributed by atoms with Crippen molar-refractivity contribution in [3.63, 3.8) is 0 Å². The minimum Gasteiger partial charge on any atom is -0.497 e. The topological polar surface area (TPSA) is 65.0 Å². The van der Waals surface area contributed by atoms with E-state index >= 15 is 0 Å². The van der Waals surface area contributed by atoms with Crippen molar-refractivity contribution >= 4 is 17.7 Å². The molecule has 0 radical (unpaired) electrons. The highest BCUT2D eigenvalue weighted by Crippen LogP contribution is 2.41. The molecule has 0 spiro atoms. The van der Waals surface area contributed by atoms with Crippen LogP contribution in [0.3, 0.4) is 0 Å². The first-order valence-electron chi connectivity index (χ1n) is 10.8. The summed E-state index contributed by atoms with van der Waals surface area (Å²) in [5.41, 5.74) is 3.30. The number of carbonyl (C=O) groups excluding carboxylic acids is 1. The van der Waals surface area contributed by atoms with Crippen LogP contribution < -0.4 is 9.47 Å². The molecule has 0 amide bonds. The lowest BCUT2D eigenvalue weighted by Crippen LogP contribution is -2.17. The molecule has 1 unspecified atom stereocenters. The number of carbonyl (C=O) groups is 1. The van der Waals surface area contributed by atoms with Crippen molar-refractivity contribution in [3.8, 4) is 11.5 Å². The number of rotatable bonds is 11. The molecule has 0 saturated heterocycles. The molecule has 2 aromatic rings. The van der Waals surface area contributed by atoms with E-state index in [1.165, 1.54) is 50.1 Å². The zero-order chi connectivity index (χ0) is 22.1. The van der Waals surface area contributed by atoms with E-state index in [2.05, 4.69) is 16.9 Å². The fourth-order valence-electron chi connectivity index (χ4n) is 4.07. The number of ether oxygens (including phenoxy) is 3. The summed E-state index contributed by atoms with van der Waals surface area (Å²) < 4.78 is 16.4. The summed E-state index contributed by atoms with van der Waals surface area (Å²) in [7, 11) is 3.03. The van der Waals surface area contributed by atoms with Crippen molar-refractivity contribution in [1.82, 2.24) is 0 Å². The predicted octanol–water partition coefficient (Wildman–Crippen LogP) is 4.74. The Hall–Kier alpha value is -2.18. The van der Waals surface area contributed by atoms with Gasteiger partial charge in [-0.3, -0.25) is 4.79 Å². The van der Waals surface area contributed by atoms with Gasteiger partial charge in [0.1, 0.15) is 18.1 Å². The maximum atomic E-state index is 11.3. The molecule has 6 heteroatoms. The summed E-state index contributed by atoms with van der Waals surface area (Å²) in [5, 5.41) is 10.6. The van der Waals surface area contributed by atoms with Gasteiger partial charge in [0.25, 0.3) is 0 Å². The fourth-order valence-corrected chi connectivity index (χ4v) is 4.86. The Labute approximate surface area is 189 Å². The van der Waals surface area contributed by atoms with E-state index < -0.39 is 6.10 Å². The number of hydrogen-bond acceptors (Lipinski definition) is 6. The van der Waals surface area contributed by atoms with E-state index in [9.17, 15) is 9.90 Å². The van der Waals surface area contributed by atoms with E-state index in [-0.39, 0.29) is 11.7 Å². The number of benzene rings is 2. The molecular formula is C25H32O5S. The van der Waals surface area contributed by atoms with Gasteiger partial charge in [0, 0.05) is 12.2 Å². The molecule has 1 aliphatic carbocycles. The van der Waals surface area contributed by atoms with E-state index in [4.69, 9.17) is 9.47 Å². The average molecular weight is 445 g/mol. The molecule has 1 fully saturated rings. The van der Waals surface area contributed by atoms with Gasteiger partial charge in [0.2, 0.25) is 0 Å². The van der Waals surface area contributed by atoms with Crippen LogP contribution in [-0.4, -0.2) is 42.9 Å². The van der Waals surface area contributed by atoms with Crippen LogP contribution in [0.2, 0.25) is 0 Å². The molecule has 0 aromatic heterocycles. The van der Waals surface area contributed by atoms with E-state index in [0.717, 1.165) is 22.6 Å². The van der Waals surface area contributed by atoms with Crippen LogP contribution >= 0.6 is 11.8 Å². The zero-order valence-electron chi connectivity index (χ0n) is 18.3. The lowest BCUT2D eigenvalue weighted by molar-refractivity contribution is -0.137. The minimum atomic E-state index is -0.562. The number of aliphatic hydroxyl groups excluding tert-OH is 1. The lowest BCUT2D eigenvalue weighted by atomic mass is 9.93. The number of aliphatic hydroxyl groups is 1. The van der Waals surface area contributed by atoms with Gasteiger partial charge in [-0.2, -0.15) is 0 Å². The SMILES string of the molecule is COC(=O)CSCC(O)Cc1cccc(C2CCCC2)c1OCc1cccc(OC)c1. The van der Waals surface area contributed by atoms with Crippen LogP contribution in [-0.2, 0) is 22.6 Å². The Morgan fingerprint density at radius 2 is 1.94 bits per heavy atom. The summed E-state index contributed by atoms with van der Waals surface area (Å²) in [6.45, 7) is 0.446. The van der Waals surface area contributed by atoms with Crippen LogP contribution in [0.4, 0.5) is 0 Å². The van der Waals surface area contributed by atoms with Crippen LogP contribution in [0, 0.1) is 0 Å². The third-order valence-electron chi connectivity index (χ3n) is 5.65. The zero-order valence-corrected chi connectivity index (χ0v) is 19.2. The third-order valence-corrected chi connectivity index (χ3v) is 6.71. The smallest absolute Gasteiger partial charge is 0.315 e. The lowest BCUT2D eigenvalue weighted by Gasteiger charge is -2.21. The van der Waals surface area contributed by atoms with Gasteiger partial charge in [-0.1, -0.05) is 43.2 Å². The van der Waals surface area contributed by atoms with Crippen LogP contribution in [0.1, 0.15) is 48.3 Å². The van der Waals surface area contributed by atoms with Gasteiger partial charge in [-0.25, -0.2) is 0 Å². The highest BCUT2D eigenvalue weighted by Gasteiger charge is 2.23. The van der Waals surface area contributed by atoms with Gasteiger partial charge in [0.05, 0.1) is 26.1 Å². The normalized spacial score (nSPS) is 14.9. The third kappa shape index (κ3) is 6.91. The molecule has 1 N–H and O–H groups in total. The molecule has 31 heavy (non-hydrogen) atoms. The van der Waals surface area contributed by atoms with Crippen LogP contribution in [0.25, 0.3) is 0 Å². The Balaban J connectivity index is 1.74. The number of esters is 1. The summed E-state index contributed by atoms with van der Waals surface area (Å²) in [6, 6.07) is 14.2. The van der Waals surface area contributed by atoms with E-state index in [1.54, 1.807) is 7.11 Å². The molecule has 1 aliphatic rings. The number of hydrogen-bond donors (Lipinski definition) is 1. The van der Waals surface area contributed by atoms with Crippen molar-refractivity contribution < 1.29 is 24.1 Å². The van der Waals surface area contributed by atoms with Crippen molar-refractivity contribution in [2.24, 2.45) is 0 Å². The van der Waals surface area contributed by atoms with Crippen LogP contribution in [0.5, 0.6) is 11.5 Å². The minimum absolute atomic E-state index is 0.245. The molecule has 0 heterocycles. The van der Waals surface area contributed by atoms with E-state index in [1.807, 2.05) is 30.3 Å². The fraction of sp³-hybridized carbons (Fsp3) is 0.480. The molecule has 0 bridgehead atoms. The van der Waals surface area contributed by atoms with Crippen molar-refractivity contribution in [3.05, 3.63) is 59.2 Å². The van der Waals surface area contributed by atoms with Crippen LogP contribution in [0.15, 0.2) is 42.5 Å². The Morgan fingerprint density at radius 3 is 2.68 bits per heavy atom. The maximum absolute atomic E-state index is 11.3. The maximum Gasteiger partial charge on any atom is 0.315 e. The molecule has 2 aromatic carbocycles. The highest BCUT2D eigenvalue weighted by molar-refractivity contribution is 7.99. The number of thioether (sulfide) groups is 1. The van der Waals surface area contributed by atoms with Gasteiger partial charge in [-0.15, -0.1) is 11.8 Å². The van der Waals surface area contributed by atoms with Crippen molar-refractivity contribution in [2.45, 2.75) is 50.7 Å². The summed E-state index contributed by atoms with van der Waals surface area (Å²) in [6.07, 6.45) is 4.77. The molecule has 3 rings (SSSR count). The molecule has 0 aliphatic heterocycles. The first-order valence-corrected chi connectivity index (χ1v) is 12.0. The Bertz CT molecular complexity index is 848. The quantitative estimate of drug-likeness (QED) is 0.505. The first-order chi connectivity index (χ1) is 15.1. The van der Waals surface area contributed by atoms with Crippen molar-refractivity contribution in [2.75, 3.05) is 25.7 Å². The second-order valence-corrected chi connectivity index (χ2v) is 8.94. The van der Waals surface area contributed by atoms with Gasteiger partial charge >= 0.3 is 5.97 Å².